The van der Waals surface area contributed by atoms with E-state index in [0.29, 0.717) is 48.7 Å². The average Bonchev–Trinajstić information content (AvgIpc) is 2.84. The number of benzene rings is 2. The lowest BCUT2D eigenvalue weighted by atomic mass is 9.97. The summed E-state index contributed by atoms with van der Waals surface area (Å²) in [6.45, 7) is 4.66. The number of para-hydroxylation sites is 2. The predicted molar refractivity (Wildman–Crippen MR) is 128 cm³/mol. The number of hydrogen-bond acceptors (Lipinski definition) is 6. The number of nitrogens with one attached hydrogen (secondary N) is 2. The zero-order valence-electron chi connectivity index (χ0n) is 19.2. The monoisotopic (exact) mass is 487 g/mol. The summed E-state index contributed by atoms with van der Waals surface area (Å²) in [5.41, 5.74) is 0.950. The minimum Gasteiger partial charge on any atom is -0.492 e. The Hall–Kier alpha value is -3.11. The van der Waals surface area contributed by atoms with Crippen molar-refractivity contribution in [3.63, 3.8) is 0 Å². The summed E-state index contributed by atoms with van der Waals surface area (Å²) in [6, 6.07) is 11.7. The minimum atomic E-state index is -3.78. The molecule has 182 valence electrons. The van der Waals surface area contributed by atoms with Crippen LogP contribution in [0.4, 0.5) is 11.4 Å². The zero-order valence-corrected chi connectivity index (χ0v) is 20.1. The molecule has 2 aromatic carbocycles. The summed E-state index contributed by atoms with van der Waals surface area (Å²) >= 11 is 0. The molecule has 1 atom stereocenters. The van der Waals surface area contributed by atoms with Gasteiger partial charge in [0.05, 0.1) is 22.9 Å². The SMILES string of the molecule is CCOc1ccccc1NC(=O)C1CCN(S(=O)(=O)c2ccc3c(c2)NC(=O)C(CC)O3)CC1. The fourth-order valence-corrected chi connectivity index (χ4v) is 5.65. The van der Waals surface area contributed by atoms with Crippen LogP contribution < -0.4 is 20.1 Å². The van der Waals surface area contributed by atoms with Gasteiger partial charge in [0.1, 0.15) is 11.5 Å². The van der Waals surface area contributed by atoms with Crippen LogP contribution in [0.25, 0.3) is 0 Å². The van der Waals surface area contributed by atoms with Crippen LogP contribution in [-0.2, 0) is 19.6 Å². The van der Waals surface area contributed by atoms with Gasteiger partial charge in [-0.05, 0) is 56.5 Å². The minimum absolute atomic E-state index is 0.0821. The third kappa shape index (κ3) is 4.88. The van der Waals surface area contributed by atoms with Crippen molar-refractivity contribution in [2.75, 3.05) is 30.3 Å². The maximum atomic E-state index is 13.2. The molecule has 0 saturated carbocycles. The van der Waals surface area contributed by atoms with Crippen LogP contribution >= 0.6 is 0 Å². The number of anilines is 2. The molecule has 4 rings (SSSR count). The van der Waals surface area contributed by atoms with E-state index < -0.39 is 16.1 Å². The summed E-state index contributed by atoms with van der Waals surface area (Å²) in [5, 5.41) is 5.64. The van der Waals surface area contributed by atoms with Crippen molar-refractivity contribution in [1.29, 1.82) is 0 Å². The number of hydrogen-bond donors (Lipinski definition) is 2. The molecule has 2 aromatic rings. The van der Waals surface area contributed by atoms with Gasteiger partial charge in [-0.3, -0.25) is 9.59 Å². The normalized spacial score (nSPS) is 19.0. The standard InChI is InChI=1S/C24H29N3O6S/c1-3-20-24(29)26-19-15-17(9-10-22(19)33-20)34(30,31)27-13-11-16(12-14-27)23(28)25-18-7-5-6-8-21(18)32-4-2/h5-10,15-16,20H,3-4,11-14H2,1-2H3,(H,25,28)(H,26,29). The Morgan fingerprint density at radius 2 is 1.91 bits per heavy atom. The molecular weight excluding hydrogens is 458 g/mol. The number of nitrogens with zero attached hydrogens (tertiary/aromatic N) is 1. The number of carbonyl (C=O) groups is 2. The van der Waals surface area contributed by atoms with Crippen LogP contribution in [0.2, 0.25) is 0 Å². The maximum absolute atomic E-state index is 13.2. The third-order valence-corrected chi connectivity index (χ3v) is 7.94. The third-order valence-electron chi connectivity index (χ3n) is 6.05. The average molecular weight is 488 g/mol. The molecule has 2 N–H and O–H groups in total. The van der Waals surface area contributed by atoms with E-state index in [4.69, 9.17) is 9.47 Å². The van der Waals surface area contributed by atoms with Crippen LogP contribution in [0, 0.1) is 5.92 Å². The molecular formula is C24H29N3O6S. The lowest BCUT2D eigenvalue weighted by Gasteiger charge is -2.31. The smallest absolute Gasteiger partial charge is 0.265 e. The summed E-state index contributed by atoms with van der Waals surface area (Å²) in [6.07, 6.45) is 0.751. The number of sulfonamides is 1. The van der Waals surface area contributed by atoms with Gasteiger partial charge in [0, 0.05) is 19.0 Å². The van der Waals surface area contributed by atoms with Crippen molar-refractivity contribution >= 4 is 33.2 Å². The fraction of sp³-hybridized carbons (Fsp3) is 0.417. The fourth-order valence-electron chi connectivity index (χ4n) is 4.15. The van der Waals surface area contributed by atoms with Crippen molar-refractivity contribution < 1.29 is 27.5 Å². The first kappa shape index (κ1) is 24.0. The largest absolute Gasteiger partial charge is 0.492 e. The number of rotatable bonds is 7. The predicted octanol–water partition coefficient (Wildman–Crippen LogP) is 3.23. The lowest BCUT2D eigenvalue weighted by molar-refractivity contribution is -0.123. The first-order valence-electron chi connectivity index (χ1n) is 11.5. The molecule has 0 spiro atoms. The first-order valence-corrected chi connectivity index (χ1v) is 12.9. The molecule has 9 nitrogen and oxygen atoms in total. The van der Waals surface area contributed by atoms with Crippen molar-refractivity contribution in [1.82, 2.24) is 4.31 Å². The Labute approximate surface area is 199 Å². The van der Waals surface area contributed by atoms with E-state index in [1.807, 2.05) is 26.0 Å². The van der Waals surface area contributed by atoms with Gasteiger partial charge in [0.25, 0.3) is 5.91 Å². The van der Waals surface area contributed by atoms with E-state index in [0.717, 1.165) is 0 Å². The molecule has 1 unspecified atom stereocenters. The zero-order chi connectivity index (χ0) is 24.3. The molecule has 34 heavy (non-hydrogen) atoms. The van der Waals surface area contributed by atoms with E-state index in [2.05, 4.69) is 10.6 Å². The van der Waals surface area contributed by atoms with Crippen molar-refractivity contribution in [2.45, 2.75) is 44.1 Å². The van der Waals surface area contributed by atoms with Gasteiger partial charge >= 0.3 is 0 Å². The number of fused-ring (bicyclic) bond motifs is 1. The van der Waals surface area contributed by atoms with Gasteiger partial charge in [-0.25, -0.2) is 8.42 Å². The second kappa shape index (κ2) is 10.0. The van der Waals surface area contributed by atoms with Gasteiger partial charge in [-0.1, -0.05) is 19.1 Å². The molecule has 0 aromatic heterocycles. The number of ether oxygens (including phenoxy) is 2. The van der Waals surface area contributed by atoms with Gasteiger partial charge in [0.2, 0.25) is 15.9 Å². The molecule has 2 amide bonds. The maximum Gasteiger partial charge on any atom is 0.265 e. The lowest BCUT2D eigenvalue weighted by Crippen LogP contribution is -2.41. The van der Waals surface area contributed by atoms with Gasteiger partial charge < -0.3 is 20.1 Å². The highest BCUT2D eigenvalue weighted by Crippen LogP contribution is 2.34. The van der Waals surface area contributed by atoms with E-state index in [-0.39, 0.29) is 35.7 Å². The molecule has 2 heterocycles. The molecule has 0 radical (unpaired) electrons. The van der Waals surface area contributed by atoms with Crippen LogP contribution in [-0.4, -0.2) is 50.3 Å². The van der Waals surface area contributed by atoms with Crippen LogP contribution in [0.15, 0.2) is 47.4 Å². The van der Waals surface area contributed by atoms with Crippen LogP contribution in [0.3, 0.4) is 0 Å². The highest BCUT2D eigenvalue weighted by Gasteiger charge is 2.34. The van der Waals surface area contributed by atoms with Gasteiger partial charge in [0.15, 0.2) is 6.10 Å². The summed E-state index contributed by atoms with van der Waals surface area (Å²) < 4.78 is 39.0. The van der Waals surface area contributed by atoms with Crippen molar-refractivity contribution in [3.05, 3.63) is 42.5 Å². The van der Waals surface area contributed by atoms with E-state index in [1.54, 1.807) is 18.2 Å². The quantitative estimate of drug-likeness (QED) is 0.620. The van der Waals surface area contributed by atoms with Gasteiger partial charge in [-0.15, -0.1) is 0 Å². The van der Waals surface area contributed by atoms with Crippen LogP contribution in [0.5, 0.6) is 11.5 Å². The molecule has 0 bridgehead atoms. The Balaban J connectivity index is 1.41. The topological polar surface area (TPSA) is 114 Å². The Kier molecular flexibility index (Phi) is 7.08. The highest BCUT2D eigenvalue weighted by molar-refractivity contribution is 7.89. The van der Waals surface area contributed by atoms with Gasteiger partial charge in [-0.2, -0.15) is 4.31 Å². The Morgan fingerprint density at radius 1 is 1.18 bits per heavy atom. The Bertz CT molecular complexity index is 1170. The van der Waals surface area contributed by atoms with E-state index >= 15 is 0 Å². The van der Waals surface area contributed by atoms with Crippen LogP contribution in [0.1, 0.15) is 33.1 Å². The first-order chi connectivity index (χ1) is 16.3. The second-order valence-corrected chi connectivity index (χ2v) is 10.2. The van der Waals surface area contributed by atoms with E-state index in [9.17, 15) is 18.0 Å². The van der Waals surface area contributed by atoms with E-state index in [1.165, 1.54) is 16.4 Å². The number of piperidine rings is 1. The molecule has 10 heteroatoms. The summed E-state index contributed by atoms with van der Waals surface area (Å²) in [4.78, 5) is 25.0. The molecule has 0 aliphatic carbocycles. The second-order valence-electron chi connectivity index (χ2n) is 8.26. The summed E-state index contributed by atoms with van der Waals surface area (Å²) in [5.74, 6) is 0.314. The highest BCUT2D eigenvalue weighted by atomic mass is 32.2. The molecule has 1 fully saturated rings. The molecule has 1 saturated heterocycles. The van der Waals surface area contributed by atoms with Crippen molar-refractivity contribution in [3.8, 4) is 11.5 Å². The molecule has 2 aliphatic heterocycles. The number of amides is 2. The summed E-state index contributed by atoms with van der Waals surface area (Å²) in [7, 11) is -3.78. The Morgan fingerprint density at radius 3 is 2.62 bits per heavy atom. The molecule has 2 aliphatic rings. The number of carbonyl (C=O) groups excluding carboxylic acids is 2. The van der Waals surface area contributed by atoms with Crippen molar-refractivity contribution in [2.24, 2.45) is 5.92 Å².